The molecule has 2 aromatic carbocycles. The van der Waals surface area contributed by atoms with Gasteiger partial charge in [0.25, 0.3) is 0 Å². The molecule has 1 heterocycles. The standard InChI is InChI=1S/C20H21NO3/c22-19(11-5-6-12-20(23)24)21-13-15-7-1-3-9-17(15)18-10-4-2-8-16(18)14-21/h1-4,7-10H,5-6,11-14H2,(H,23,24). The van der Waals surface area contributed by atoms with Crippen LogP contribution in [0.3, 0.4) is 0 Å². The first-order valence-corrected chi connectivity index (χ1v) is 8.31. The van der Waals surface area contributed by atoms with E-state index >= 15 is 0 Å². The number of carbonyl (C=O) groups is 2. The second kappa shape index (κ2) is 7.30. The summed E-state index contributed by atoms with van der Waals surface area (Å²) in [5.41, 5.74) is 4.69. The van der Waals surface area contributed by atoms with Crippen molar-refractivity contribution in [2.45, 2.75) is 38.8 Å². The maximum atomic E-state index is 12.6. The van der Waals surface area contributed by atoms with Crippen molar-refractivity contribution in [1.82, 2.24) is 4.90 Å². The van der Waals surface area contributed by atoms with Gasteiger partial charge in [0.2, 0.25) is 5.91 Å². The van der Waals surface area contributed by atoms with E-state index in [0.29, 0.717) is 32.4 Å². The summed E-state index contributed by atoms with van der Waals surface area (Å²) in [6.07, 6.45) is 1.68. The molecular formula is C20H21NO3. The van der Waals surface area contributed by atoms with E-state index in [2.05, 4.69) is 24.3 Å². The molecule has 0 aromatic heterocycles. The number of hydrogen-bond acceptors (Lipinski definition) is 2. The Labute approximate surface area is 141 Å². The molecular weight excluding hydrogens is 302 g/mol. The Kier molecular flexibility index (Phi) is 4.94. The topological polar surface area (TPSA) is 57.6 Å². The maximum Gasteiger partial charge on any atom is 0.303 e. The van der Waals surface area contributed by atoms with Crippen LogP contribution < -0.4 is 0 Å². The molecule has 4 nitrogen and oxygen atoms in total. The SMILES string of the molecule is O=C(O)CCCCC(=O)N1Cc2ccccc2-c2ccccc2C1. The number of carbonyl (C=O) groups excluding carboxylic acids is 1. The first-order valence-electron chi connectivity index (χ1n) is 8.31. The molecule has 0 saturated carbocycles. The molecule has 24 heavy (non-hydrogen) atoms. The van der Waals surface area contributed by atoms with Gasteiger partial charge in [0.1, 0.15) is 0 Å². The number of aliphatic carboxylic acids is 1. The summed E-state index contributed by atoms with van der Waals surface area (Å²) >= 11 is 0. The van der Waals surface area contributed by atoms with Crippen molar-refractivity contribution in [2.75, 3.05) is 0 Å². The number of nitrogens with zero attached hydrogens (tertiary/aromatic N) is 1. The van der Waals surface area contributed by atoms with Gasteiger partial charge in [-0.25, -0.2) is 0 Å². The first-order chi connectivity index (χ1) is 11.6. The van der Waals surface area contributed by atoms with Crippen molar-refractivity contribution in [3.63, 3.8) is 0 Å². The van der Waals surface area contributed by atoms with E-state index in [9.17, 15) is 9.59 Å². The fraction of sp³-hybridized carbons (Fsp3) is 0.300. The number of carboxylic acids is 1. The predicted molar refractivity (Wildman–Crippen MR) is 92.2 cm³/mol. The number of rotatable bonds is 5. The van der Waals surface area contributed by atoms with Crippen LogP contribution in [0.4, 0.5) is 0 Å². The number of amides is 1. The van der Waals surface area contributed by atoms with Crippen LogP contribution >= 0.6 is 0 Å². The van der Waals surface area contributed by atoms with Crippen LogP contribution in [0.25, 0.3) is 11.1 Å². The molecule has 1 aliphatic heterocycles. The van der Waals surface area contributed by atoms with Crippen LogP contribution in [-0.2, 0) is 22.7 Å². The highest BCUT2D eigenvalue weighted by Gasteiger charge is 2.21. The van der Waals surface area contributed by atoms with Crippen LogP contribution in [0, 0.1) is 0 Å². The van der Waals surface area contributed by atoms with Crippen LogP contribution in [-0.4, -0.2) is 21.9 Å². The number of benzene rings is 2. The van der Waals surface area contributed by atoms with Gasteiger partial charge in [0, 0.05) is 25.9 Å². The first kappa shape index (κ1) is 16.2. The lowest BCUT2D eigenvalue weighted by atomic mass is 9.97. The summed E-state index contributed by atoms with van der Waals surface area (Å²) in [6, 6.07) is 16.4. The van der Waals surface area contributed by atoms with E-state index in [1.165, 1.54) is 11.1 Å². The van der Waals surface area contributed by atoms with E-state index in [1.54, 1.807) is 0 Å². The minimum Gasteiger partial charge on any atom is -0.481 e. The minimum atomic E-state index is -0.805. The molecule has 0 aliphatic carbocycles. The summed E-state index contributed by atoms with van der Waals surface area (Å²) in [7, 11) is 0. The second-order valence-corrected chi connectivity index (χ2v) is 6.16. The lowest BCUT2D eigenvalue weighted by Crippen LogP contribution is -2.29. The molecule has 124 valence electrons. The molecule has 1 aliphatic rings. The normalized spacial score (nSPS) is 12.9. The number of carboxylic acid groups (broad SMARTS) is 1. The zero-order valence-electron chi connectivity index (χ0n) is 13.6. The third kappa shape index (κ3) is 3.65. The Morgan fingerprint density at radius 3 is 1.88 bits per heavy atom. The molecule has 3 rings (SSSR count). The number of hydrogen-bond donors (Lipinski definition) is 1. The molecule has 0 saturated heterocycles. The molecule has 0 spiro atoms. The average molecular weight is 323 g/mol. The van der Waals surface area contributed by atoms with Gasteiger partial charge in [-0.15, -0.1) is 0 Å². The smallest absolute Gasteiger partial charge is 0.303 e. The summed E-state index contributed by atoms with van der Waals surface area (Å²) in [4.78, 5) is 25.0. The Morgan fingerprint density at radius 1 is 0.833 bits per heavy atom. The third-order valence-corrected chi connectivity index (χ3v) is 4.43. The highest BCUT2D eigenvalue weighted by atomic mass is 16.4. The zero-order chi connectivity index (χ0) is 16.9. The van der Waals surface area contributed by atoms with Crippen molar-refractivity contribution in [2.24, 2.45) is 0 Å². The molecule has 2 aromatic rings. The Bertz CT molecular complexity index is 707. The molecule has 0 atom stereocenters. The monoisotopic (exact) mass is 323 g/mol. The summed E-state index contributed by atoms with van der Waals surface area (Å²) in [5, 5.41) is 8.69. The van der Waals surface area contributed by atoms with E-state index < -0.39 is 5.97 Å². The van der Waals surface area contributed by atoms with Gasteiger partial charge in [0.05, 0.1) is 0 Å². The van der Waals surface area contributed by atoms with Crippen molar-refractivity contribution in [1.29, 1.82) is 0 Å². The van der Waals surface area contributed by atoms with E-state index in [-0.39, 0.29) is 12.3 Å². The van der Waals surface area contributed by atoms with Crippen LogP contribution in [0.15, 0.2) is 48.5 Å². The predicted octanol–water partition coefficient (Wildman–Crippen LogP) is 3.84. The highest BCUT2D eigenvalue weighted by molar-refractivity contribution is 5.79. The fourth-order valence-electron chi connectivity index (χ4n) is 3.20. The van der Waals surface area contributed by atoms with Crippen molar-refractivity contribution in [3.8, 4) is 11.1 Å². The Morgan fingerprint density at radius 2 is 1.33 bits per heavy atom. The van der Waals surface area contributed by atoms with Gasteiger partial charge in [-0.2, -0.15) is 0 Å². The zero-order valence-corrected chi connectivity index (χ0v) is 13.6. The van der Waals surface area contributed by atoms with Gasteiger partial charge in [-0.3, -0.25) is 9.59 Å². The maximum absolute atomic E-state index is 12.6. The van der Waals surface area contributed by atoms with Crippen molar-refractivity contribution >= 4 is 11.9 Å². The molecule has 1 amide bonds. The second-order valence-electron chi connectivity index (χ2n) is 6.16. The lowest BCUT2D eigenvalue weighted by Gasteiger charge is -2.21. The van der Waals surface area contributed by atoms with Gasteiger partial charge >= 0.3 is 5.97 Å². The van der Waals surface area contributed by atoms with Gasteiger partial charge in [0.15, 0.2) is 0 Å². The Balaban J connectivity index is 1.77. The van der Waals surface area contributed by atoms with E-state index in [0.717, 1.165) is 11.1 Å². The van der Waals surface area contributed by atoms with Crippen molar-refractivity contribution < 1.29 is 14.7 Å². The fourth-order valence-corrected chi connectivity index (χ4v) is 3.20. The van der Waals surface area contributed by atoms with Crippen LogP contribution in [0.1, 0.15) is 36.8 Å². The average Bonchev–Trinajstić information content (AvgIpc) is 2.75. The molecule has 0 bridgehead atoms. The third-order valence-electron chi connectivity index (χ3n) is 4.43. The van der Waals surface area contributed by atoms with Crippen LogP contribution in [0.2, 0.25) is 0 Å². The molecule has 4 heteroatoms. The van der Waals surface area contributed by atoms with Gasteiger partial charge in [-0.05, 0) is 35.1 Å². The number of fused-ring (bicyclic) bond motifs is 3. The van der Waals surface area contributed by atoms with Gasteiger partial charge < -0.3 is 10.0 Å². The molecule has 0 radical (unpaired) electrons. The number of unbranched alkanes of at least 4 members (excludes halogenated alkanes) is 1. The minimum absolute atomic E-state index is 0.0897. The quantitative estimate of drug-likeness (QED) is 0.851. The van der Waals surface area contributed by atoms with Gasteiger partial charge in [-0.1, -0.05) is 48.5 Å². The summed E-state index contributed by atoms with van der Waals surface area (Å²) < 4.78 is 0. The Hall–Kier alpha value is -2.62. The summed E-state index contributed by atoms with van der Waals surface area (Å²) in [5.74, 6) is -0.716. The van der Waals surface area contributed by atoms with Crippen molar-refractivity contribution in [3.05, 3.63) is 59.7 Å². The largest absolute Gasteiger partial charge is 0.481 e. The lowest BCUT2D eigenvalue weighted by molar-refractivity contribution is -0.137. The van der Waals surface area contributed by atoms with Crippen LogP contribution in [0.5, 0.6) is 0 Å². The van der Waals surface area contributed by atoms with E-state index in [4.69, 9.17) is 5.11 Å². The molecule has 1 N–H and O–H groups in total. The summed E-state index contributed by atoms with van der Waals surface area (Å²) in [6.45, 7) is 1.20. The molecule has 0 unspecified atom stereocenters. The van der Waals surface area contributed by atoms with E-state index in [1.807, 2.05) is 29.2 Å². The molecule has 0 fully saturated rings. The highest BCUT2D eigenvalue weighted by Crippen LogP contribution is 2.32.